The summed E-state index contributed by atoms with van der Waals surface area (Å²) >= 11 is 5.87. The molecule has 2 heterocycles. The number of halogens is 1. The summed E-state index contributed by atoms with van der Waals surface area (Å²) < 4.78 is 5.35. The fourth-order valence-corrected chi connectivity index (χ4v) is 1.90. The number of furan rings is 1. The summed E-state index contributed by atoms with van der Waals surface area (Å²) in [6.45, 7) is 4.75. The van der Waals surface area contributed by atoms with E-state index < -0.39 is 0 Å². The number of pyridine rings is 1. The van der Waals surface area contributed by atoms with Crippen LogP contribution in [0.25, 0.3) is 0 Å². The van der Waals surface area contributed by atoms with Gasteiger partial charge in [0.05, 0.1) is 12.8 Å². The van der Waals surface area contributed by atoms with Gasteiger partial charge in [0.15, 0.2) is 0 Å². The molecule has 0 aromatic carbocycles. The Balaban J connectivity index is 2.00. The fraction of sp³-hybridized carbons (Fsp3) is 0.308. The highest BCUT2D eigenvalue weighted by Gasteiger charge is 2.07. The molecule has 4 heteroatoms. The van der Waals surface area contributed by atoms with E-state index in [0.29, 0.717) is 5.15 Å². The van der Waals surface area contributed by atoms with Gasteiger partial charge in [-0.3, -0.25) is 4.90 Å². The van der Waals surface area contributed by atoms with Crippen LogP contribution in [0.4, 0.5) is 0 Å². The first-order valence-corrected chi connectivity index (χ1v) is 6.01. The maximum absolute atomic E-state index is 5.87. The molecule has 0 bridgehead atoms. The molecule has 0 atom stereocenters. The Morgan fingerprint density at radius 1 is 1.35 bits per heavy atom. The first-order chi connectivity index (χ1) is 8.28. The van der Waals surface area contributed by atoms with Crippen molar-refractivity contribution in [3.8, 4) is 0 Å². The number of rotatable bonds is 5. The lowest BCUT2D eigenvalue weighted by atomic mass is 10.2. The van der Waals surface area contributed by atoms with E-state index in [9.17, 15) is 0 Å². The molecule has 2 aromatic heterocycles. The smallest absolute Gasteiger partial charge is 0.129 e. The van der Waals surface area contributed by atoms with Crippen LogP contribution in [0.1, 0.15) is 18.2 Å². The molecule has 3 nitrogen and oxygen atoms in total. The van der Waals surface area contributed by atoms with Crippen molar-refractivity contribution in [3.63, 3.8) is 0 Å². The third-order valence-electron chi connectivity index (χ3n) is 2.60. The van der Waals surface area contributed by atoms with Crippen LogP contribution in [0.3, 0.4) is 0 Å². The topological polar surface area (TPSA) is 29.3 Å². The molecule has 2 rings (SSSR count). The van der Waals surface area contributed by atoms with Gasteiger partial charge < -0.3 is 4.42 Å². The van der Waals surface area contributed by atoms with Crippen molar-refractivity contribution in [2.24, 2.45) is 0 Å². The second-order valence-electron chi connectivity index (χ2n) is 3.87. The largest absolute Gasteiger partial charge is 0.468 e. The molecule has 0 radical (unpaired) electrons. The first kappa shape index (κ1) is 12.1. The van der Waals surface area contributed by atoms with Crippen molar-refractivity contribution in [2.75, 3.05) is 6.54 Å². The molecular weight excluding hydrogens is 236 g/mol. The van der Waals surface area contributed by atoms with E-state index >= 15 is 0 Å². The molecule has 0 spiro atoms. The molecule has 17 heavy (non-hydrogen) atoms. The minimum absolute atomic E-state index is 0.538. The summed E-state index contributed by atoms with van der Waals surface area (Å²) in [5, 5.41) is 0.538. The highest BCUT2D eigenvalue weighted by molar-refractivity contribution is 6.29. The molecule has 0 fully saturated rings. The number of aromatic nitrogens is 1. The van der Waals surface area contributed by atoms with Crippen molar-refractivity contribution in [1.29, 1.82) is 0 Å². The molecule has 0 amide bonds. The minimum atomic E-state index is 0.538. The number of nitrogens with zero attached hydrogens (tertiary/aromatic N) is 2. The zero-order valence-electron chi connectivity index (χ0n) is 9.77. The molecule has 0 aliphatic carbocycles. The average Bonchev–Trinajstić information content (AvgIpc) is 2.81. The lowest BCUT2D eigenvalue weighted by molar-refractivity contribution is 0.248. The standard InChI is InChI=1S/C13H15ClN2O/c1-2-16(10-12-4-3-7-17-12)9-11-5-6-15-13(14)8-11/h3-8H,2,9-10H2,1H3. The van der Waals surface area contributed by atoms with E-state index in [2.05, 4.69) is 16.8 Å². The average molecular weight is 251 g/mol. The maximum Gasteiger partial charge on any atom is 0.129 e. The summed E-state index contributed by atoms with van der Waals surface area (Å²) in [5.41, 5.74) is 1.17. The molecule has 0 aliphatic rings. The normalized spacial score (nSPS) is 11.0. The Bertz CT molecular complexity index is 456. The van der Waals surface area contributed by atoms with E-state index in [1.165, 1.54) is 5.56 Å². The fourth-order valence-electron chi connectivity index (χ4n) is 1.70. The lowest BCUT2D eigenvalue weighted by Gasteiger charge is -2.19. The zero-order chi connectivity index (χ0) is 12.1. The molecule has 0 aliphatic heterocycles. The molecule has 0 saturated carbocycles. The van der Waals surface area contributed by atoms with Crippen molar-refractivity contribution >= 4 is 11.6 Å². The molecule has 2 aromatic rings. The molecule has 0 unspecified atom stereocenters. The Morgan fingerprint density at radius 3 is 2.88 bits per heavy atom. The van der Waals surface area contributed by atoms with Gasteiger partial charge in [-0.05, 0) is 36.4 Å². The number of hydrogen-bond donors (Lipinski definition) is 0. The summed E-state index contributed by atoms with van der Waals surface area (Å²) in [6.07, 6.45) is 3.44. The molecule has 0 saturated heterocycles. The maximum atomic E-state index is 5.87. The first-order valence-electron chi connectivity index (χ1n) is 5.63. The Labute approximate surface area is 106 Å². The van der Waals surface area contributed by atoms with Crippen LogP contribution in [-0.4, -0.2) is 16.4 Å². The van der Waals surface area contributed by atoms with Gasteiger partial charge in [-0.1, -0.05) is 18.5 Å². The van der Waals surface area contributed by atoms with Crippen LogP contribution in [0.2, 0.25) is 5.15 Å². The van der Waals surface area contributed by atoms with Gasteiger partial charge in [-0.15, -0.1) is 0 Å². The van der Waals surface area contributed by atoms with Crippen molar-refractivity contribution in [1.82, 2.24) is 9.88 Å². The summed E-state index contributed by atoms with van der Waals surface area (Å²) in [7, 11) is 0. The summed E-state index contributed by atoms with van der Waals surface area (Å²) in [4.78, 5) is 6.26. The third-order valence-corrected chi connectivity index (χ3v) is 2.81. The van der Waals surface area contributed by atoms with Gasteiger partial charge in [0.2, 0.25) is 0 Å². The third kappa shape index (κ3) is 3.58. The highest BCUT2D eigenvalue weighted by atomic mass is 35.5. The van der Waals surface area contributed by atoms with Crippen LogP contribution < -0.4 is 0 Å². The molecule has 0 N–H and O–H groups in total. The monoisotopic (exact) mass is 250 g/mol. The summed E-state index contributed by atoms with van der Waals surface area (Å²) in [6, 6.07) is 7.78. The molecule has 90 valence electrons. The van der Waals surface area contributed by atoms with E-state index in [1.54, 1.807) is 12.5 Å². The van der Waals surface area contributed by atoms with Crippen LogP contribution in [0.15, 0.2) is 41.1 Å². The van der Waals surface area contributed by atoms with E-state index in [4.69, 9.17) is 16.0 Å². The summed E-state index contributed by atoms with van der Waals surface area (Å²) in [5.74, 6) is 0.979. The van der Waals surface area contributed by atoms with Gasteiger partial charge in [0.25, 0.3) is 0 Å². The van der Waals surface area contributed by atoms with Crippen LogP contribution in [0.5, 0.6) is 0 Å². The van der Waals surface area contributed by atoms with Crippen LogP contribution in [-0.2, 0) is 13.1 Å². The van der Waals surface area contributed by atoms with Crippen molar-refractivity contribution < 1.29 is 4.42 Å². The zero-order valence-corrected chi connectivity index (χ0v) is 10.5. The predicted molar refractivity (Wildman–Crippen MR) is 67.7 cm³/mol. The SMILES string of the molecule is CCN(Cc1ccnc(Cl)c1)Cc1ccco1. The minimum Gasteiger partial charge on any atom is -0.468 e. The second-order valence-corrected chi connectivity index (χ2v) is 4.26. The van der Waals surface area contributed by atoms with Gasteiger partial charge in [0, 0.05) is 12.7 Å². The predicted octanol–water partition coefficient (Wildman–Crippen LogP) is 3.35. The lowest BCUT2D eigenvalue weighted by Crippen LogP contribution is -2.22. The Hall–Kier alpha value is -1.32. The van der Waals surface area contributed by atoms with Gasteiger partial charge >= 0.3 is 0 Å². The van der Waals surface area contributed by atoms with E-state index in [0.717, 1.165) is 25.4 Å². The van der Waals surface area contributed by atoms with E-state index in [-0.39, 0.29) is 0 Å². The quantitative estimate of drug-likeness (QED) is 0.762. The van der Waals surface area contributed by atoms with Crippen molar-refractivity contribution in [2.45, 2.75) is 20.0 Å². The highest BCUT2D eigenvalue weighted by Crippen LogP contribution is 2.12. The number of hydrogen-bond acceptors (Lipinski definition) is 3. The van der Waals surface area contributed by atoms with Gasteiger partial charge in [-0.2, -0.15) is 0 Å². The van der Waals surface area contributed by atoms with Crippen molar-refractivity contribution in [3.05, 3.63) is 53.2 Å². The van der Waals surface area contributed by atoms with E-state index in [1.807, 2.05) is 24.3 Å². The van der Waals surface area contributed by atoms with Crippen LogP contribution >= 0.6 is 11.6 Å². The van der Waals surface area contributed by atoms with Gasteiger partial charge in [-0.25, -0.2) is 4.98 Å². The Morgan fingerprint density at radius 2 is 2.24 bits per heavy atom. The second kappa shape index (κ2) is 5.84. The van der Waals surface area contributed by atoms with Crippen LogP contribution in [0, 0.1) is 0 Å². The Kier molecular flexibility index (Phi) is 4.18. The van der Waals surface area contributed by atoms with Gasteiger partial charge in [0.1, 0.15) is 10.9 Å². The molecular formula is C13H15ClN2O.